The maximum atomic E-state index is 14.2. The Labute approximate surface area is 710 Å². The number of methoxy groups -OCH3 is 1. The molecule has 0 aliphatic carbocycles. The number of hydrogen-bond donors (Lipinski definition) is 3. The van der Waals surface area contributed by atoms with E-state index in [0.29, 0.717) is 116 Å². The summed E-state index contributed by atoms with van der Waals surface area (Å²) < 4.78 is 220. The number of carbonyl (C=O) groups excluding carboxylic acids is 1. The van der Waals surface area contributed by atoms with E-state index in [9.17, 15) is 69.6 Å². The summed E-state index contributed by atoms with van der Waals surface area (Å²) in [4.78, 5) is 28.7. The molecule has 632 valence electrons. The van der Waals surface area contributed by atoms with E-state index in [1.54, 1.807) is 153 Å². The molecule has 0 saturated heterocycles. The first-order chi connectivity index (χ1) is 58.0. The number of benzene rings is 10. The number of ether oxygens (including phenoxy) is 2. The summed E-state index contributed by atoms with van der Waals surface area (Å²) in [6.45, 7) is 8.50. The third kappa shape index (κ3) is 20.1. The third-order valence-corrected chi connectivity index (χ3v) is 27.4. The van der Waals surface area contributed by atoms with Crippen molar-refractivity contribution in [3.63, 3.8) is 0 Å². The van der Waals surface area contributed by atoms with Gasteiger partial charge < -0.3 is 24.6 Å². The molecular formula is C89H78F9N9O9S6. The molecule has 122 heavy (non-hydrogen) atoms. The van der Waals surface area contributed by atoms with Crippen molar-refractivity contribution in [1.82, 2.24) is 30.1 Å². The average molecular weight is 1780 g/mol. The summed E-state index contributed by atoms with van der Waals surface area (Å²) >= 11 is 3.55. The second kappa shape index (κ2) is 35.6. The standard InChI is InChI=1S/C38H36F3N3O5S2.C26H22F3N3O2S2.C25H20F3N3O2S2/c1-37(2,3)49-36(45)43-19-16-26(17-20-43)34-23-28(38(39,40)41)10-14-33(34)32-7-5-6-27-22-30(13-15-31(27)32)51(46,47)44(35-42-18-21-50-35)24-25-8-11-29(48-4)12-9-25;1-32-12-9-17(10-13-32)24-16-19(26(27,28)29)5-7-23(24)22-4-2-3-18-15-20(6-8-21(18)22)36(33,34)31-25-30-11-14-35-25;26-25(27,28)18-4-6-22(23(15-18)16-8-10-29-11-9-16)21-3-1-2-17-14-19(5-7-20(17)21)35(32,33)31-24-30-12-13-34-24/h5-16,18,21-23H,17,19-20,24H2,1-4H3;2-9,11,14-16H,10,12-13H2,1H3,(H,30,31);1-8,12-15,29H,9-11H2,(H,30,31). The summed E-state index contributed by atoms with van der Waals surface area (Å²) in [5, 5.41) is 13.2. The minimum atomic E-state index is -4.57. The number of nitrogens with zero attached hydrogens (tertiary/aromatic N) is 6. The SMILES string of the molecule is CN1CC=C(c2cc(C(F)(F)F)ccc2-c2cccc3cc(S(=O)(=O)Nc4nccs4)ccc23)CC1.COc1ccc(CN(c2nccs2)S(=O)(=O)c2ccc3c(-c4ccc(C(F)(F)F)cc4C4=CCN(C(=O)OC(C)(C)C)CC4)cccc3c2)cc1.O=S(=O)(Nc1nccs1)c1ccc2c(-c3ccc(C(F)(F)F)cc3C3=CCNCC3)cccc2c1. The zero-order chi connectivity index (χ0) is 86.7. The van der Waals surface area contributed by atoms with E-state index in [2.05, 4.69) is 34.6 Å². The first kappa shape index (κ1) is 87.1. The van der Waals surface area contributed by atoms with Gasteiger partial charge in [-0.3, -0.25) is 9.44 Å². The Balaban J connectivity index is 0.000000153. The van der Waals surface area contributed by atoms with Crippen LogP contribution in [0.5, 0.6) is 5.75 Å². The molecule has 16 rings (SSSR count). The van der Waals surface area contributed by atoms with Crippen LogP contribution in [0, 0.1) is 0 Å². The van der Waals surface area contributed by atoms with Crippen LogP contribution in [0.1, 0.15) is 79.0 Å². The molecule has 0 saturated carbocycles. The number of fused-ring (bicyclic) bond motifs is 3. The van der Waals surface area contributed by atoms with Crippen LogP contribution in [0.4, 0.5) is 59.7 Å². The van der Waals surface area contributed by atoms with Gasteiger partial charge in [-0.15, -0.1) is 34.0 Å². The molecule has 3 aliphatic heterocycles. The largest absolute Gasteiger partial charge is 0.497 e. The van der Waals surface area contributed by atoms with Crippen LogP contribution in [0.3, 0.4) is 0 Å². The quantitative estimate of drug-likeness (QED) is 0.0680. The fourth-order valence-electron chi connectivity index (χ4n) is 14.5. The maximum absolute atomic E-state index is 14.2. The average Bonchev–Trinajstić information content (AvgIpc) is 0.964. The van der Waals surface area contributed by atoms with Gasteiger partial charge in [0.2, 0.25) is 0 Å². The van der Waals surface area contributed by atoms with Gasteiger partial charge >= 0.3 is 24.6 Å². The number of alkyl halides is 9. The third-order valence-electron chi connectivity index (χ3n) is 20.5. The van der Waals surface area contributed by atoms with Gasteiger partial charge in [0.25, 0.3) is 30.1 Å². The van der Waals surface area contributed by atoms with E-state index in [4.69, 9.17) is 9.47 Å². The molecule has 0 unspecified atom stereocenters. The smallest absolute Gasteiger partial charge is 0.416 e. The number of hydrogen-bond acceptors (Lipinski definition) is 17. The number of thiazole rings is 3. The van der Waals surface area contributed by atoms with Gasteiger partial charge in [-0.25, -0.2) is 49.3 Å². The molecule has 0 atom stereocenters. The maximum Gasteiger partial charge on any atom is 0.416 e. The lowest BCUT2D eigenvalue weighted by Gasteiger charge is -2.30. The van der Waals surface area contributed by atoms with Gasteiger partial charge in [-0.1, -0.05) is 121 Å². The lowest BCUT2D eigenvalue weighted by Crippen LogP contribution is -2.39. The molecule has 18 nitrogen and oxygen atoms in total. The normalized spacial score (nSPS) is 14.5. The molecule has 0 bridgehead atoms. The minimum Gasteiger partial charge on any atom is -0.497 e. The Morgan fingerprint density at radius 2 is 0.918 bits per heavy atom. The molecular weight excluding hydrogens is 1700 g/mol. The number of sulfonamides is 3. The Bertz CT molecular complexity index is 6520. The van der Waals surface area contributed by atoms with Gasteiger partial charge in [0.1, 0.15) is 11.4 Å². The van der Waals surface area contributed by atoms with Gasteiger partial charge in [-0.05, 0) is 243 Å². The van der Waals surface area contributed by atoms with E-state index in [1.165, 1.54) is 104 Å². The van der Waals surface area contributed by atoms with Crippen LogP contribution in [0.2, 0.25) is 0 Å². The zero-order valence-corrected chi connectivity index (χ0v) is 70.8. The number of anilines is 3. The van der Waals surface area contributed by atoms with Crippen LogP contribution >= 0.6 is 34.0 Å². The summed E-state index contributed by atoms with van der Waals surface area (Å²) in [7, 11) is -8.27. The molecule has 3 aromatic heterocycles. The molecule has 0 radical (unpaired) electrons. The summed E-state index contributed by atoms with van der Waals surface area (Å²) in [6, 6.07) is 48.9. The minimum absolute atomic E-state index is 0.0350. The van der Waals surface area contributed by atoms with Crippen LogP contribution in [0.25, 0.3) is 82.4 Å². The van der Waals surface area contributed by atoms with Crippen molar-refractivity contribution in [2.24, 2.45) is 0 Å². The first-order valence-electron chi connectivity index (χ1n) is 38.1. The number of amides is 1. The second-order valence-electron chi connectivity index (χ2n) is 29.7. The molecule has 3 aliphatic rings. The van der Waals surface area contributed by atoms with Crippen LogP contribution in [-0.2, 0) is 59.9 Å². The molecule has 33 heteroatoms. The van der Waals surface area contributed by atoms with Crippen molar-refractivity contribution in [1.29, 1.82) is 0 Å². The van der Waals surface area contributed by atoms with Crippen molar-refractivity contribution in [2.45, 2.75) is 85.4 Å². The predicted molar refractivity (Wildman–Crippen MR) is 463 cm³/mol. The topological polar surface area (TPSA) is 222 Å². The summed E-state index contributed by atoms with van der Waals surface area (Å²) in [6.07, 6.45) is -2.16. The number of halogens is 9. The number of nitrogens with one attached hydrogen (secondary N) is 3. The fraction of sp³-hybridized carbons (Fsp3) is 0.213. The van der Waals surface area contributed by atoms with E-state index in [0.717, 1.165) is 69.4 Å². The zero-order valence-electron chi connectivity index (χ0n) is 65.9. The van der Waals surface area contributed by atoms with E-state index in [-0.39, 0.29) is 44.6 Å². The van der Waals surface area contributed by atoms with Crippen LogP contribution in [0.15, 0.2) is 256 Å². The van der Waals surface area contributed by atoms with Crippen LogP contribution < -0.4 is 23.8 Å². The number of rotatable bonds is 18. The Hall–Kier alpha value is -11.3. The molecule has 10 aromatic carbocycles. The molecule has 0 spiro atoms. The summed E-state index contributed by atoms with van der Waals surface area (Å²) in [5.74, 6) is 0.645. The molecule has 1 amide bonds. The lowest BCUT2D eigenvalue weighted by molar-refractivity contribution is -0.138. The van der Waals surface area contributed by atoms with E-state index >= 15 is 0 Å². The van der Waals surface area contributed by atoms with Crippen molar-refractivity contribution in [3.05, 3.63) is 280 Å². The Morgan fingerprint density at radius 1 is 0.484 bits per heavy atom. The molecule has 13 aromatic rings. The summed E-state index contributed by atoms with van der Waals surface area (Å²) in [5.41, 5.74) is 5.80. The van der Waals surface area contributed by atoms with Gasteiger partial charge in [0.15, 0.2) is 15.4 Å². The predicted octanol–water partition coefficient (Wildman–Crippen LogP) is 22.1. The highest BCUT2D eigenvalue weighted by molar-refractivity contribution is 7.93. The Kier molecular flexibility index (Phi) is 25.4. The van der Waals surface area contributed by atoms with Gasteiger partial charge in [0, 0.05) is 67.5 Å². The monoisotopic (exact) mass is 1780 g/mol. The van der Waals surface area contributed by atoms with Gasteiger partial charge in [-0.2, -0.15) is 39.5 Å². The highest BCUT2D eigenvalue weighted by Crippen LogP contribution is 2.46. The van der Waals surface area contributed by atoms with Crippen molar-refractivity contribution >= 4 is 135 Å². The number of carbonyl (C=O) groups is 1. The second-order valence-corrected chi connectivity index (χ2v) is 37.6. The van der Waals surface area contributed by atoms with Crippen LogP contribution in [-0.4, -0.2) is 115 Å². The van der Waals surface area contributed by atoms with E-state index < -0.39 is 77.0 Å². The Morgan fingerprint density at radius 3 is 1.30 bits per heavy atom. The molecule has 6 heterocycles. The highest BCUT2D eigenvalue weighted by Gasteiger charge is 2.37. The fourth-order valence-corrected chi connectivity index (χ4v) is 20.4. The van der Waals surface area contributed by atoms with Crippen molar-refractivity contribution in [2.75, 3.05) is 67.2 Å². The van der Waals surface area contributed by atoms with Crippen molar-refractivity contribution in [3.8, 4) is 39.1 Å². The highest BCUT2D eigenvalue weighted by atomic mass is 32.2. The van der Waals surface area contributed by atoms with Crippen molar-refractivity contribution < 1.29 is 79.0 Å². The van der Waals surface area contributed by atoms with Gasteiger partial charge in [0.05, 0.1) is 45.0 Å². The molecule has 3 N–H and O–H groups in total. The first-order valence-corrected chi connectivity index (χ1v) is 45.1. The molecule has 0 fully saturated rings. The lowest BCUT2D eigenvalue weighted by atomic mass is 9.88. The number of aromatic nitrogens is 3. The van der Waals surface area contributed by atoms with E-state index in [1.807, 2.05) is 37.4 Å². The number of likely N-dealkylation sites (N-methyl/N-ethyl adjacent to an activating group) is 1.